The van der Waals surface area contributed by atoms with Crippen LogP contribution in [0.15, 0.2) is 12.1 Å². The van der Waals surface area contributed by atoms with Crippen LogP contribution in [-0.2, 0) is 0 Å². The van der Waals surface area contributed by atoms with Crippen molar-refractivity contribution in [3.05, 3.63) is 22.8 Å². The molecule has 0 radical (unpaired) electrons. The first-order valence-electron chi connectivity index (χ1n) is 7.19. The highest BCUT2D eigenvalue weighted by atomic mass is 35.5. The summed E-state index contributed by atoms with van der Waals surface area (Å²) in [6.07, 6.45) is 3.01. The number of halogens is 1. The van der Waals surface area contributed by atoms with Gasteiger partial charge in [-0.1, -0.05) is 31.9 Å². The normalized spacial score (nSPS) is 12.1. The van der Waals surface area contributed by atoms with Crippen LogP contribution in [-0.4, -0.2) is 35.4 Å². The maximum absolute atomic E-state index is 12.7. The number of aromatic nitrogens is 1. The van der Waals surface area contributed by atoms with Crippen molar-refractivity contribution >= 4 is 23.3 Å². The number of hydrogen-bond acceptors (Lipinski definition) is 3. The van der Waals surface area contributed by atoms with E-state index in [1.165, 1.54) is 0 Å². The summed E-state index contributed by atoms with van der Waals surface area (Å²) in [5, 5.41) is 3.26. The molecule has 1 heterocycles. The fourth-order valence-electron chi connectivity index (χ4n) is 1.99. The quantitative estimate of drug-likeness (QED) is 0.778. The summed E-state index contributed by atoms with van der Waals surface area (Å²) in [6, 6.07) is 3.60. The molecule has 1 amide bonds. The molecule has 4 nitrogen and oxygen atoms in total. The Morgan fingerprint density at radius 2 is 2.15 bits per heavy atom. The van der Waals surface area contributed by atoms with Crippen molar-refractivity contribution in [2.45, 2.75) is 46.1 Å². The molecule has 0 aromatic carbocycles. The maximum Gasteiger partial charge on any atom is 0.254 e. The molecule has 0 aliphatic rings. The zero-order valence-corrected chi connectivity index (χ0v) is 13.5. The summed E-state index contributed by atoms with van der Waals surface area (Å²) >= 11 is 5.97. The van der Waals surface area contributed by atoms with E-state index in [9.17, 15) is 4.79 Å². The Labute approximate surface area is 126 Å². The van der Waals surface area contributed by atoms with Crippen molar-refractivity contribution in [1.82, 2.24) is 9.88 Å². The van der Waals surface area contributed by atoms with Gasteiger partial charge in [0, 0.05) is 25.2 Å². The molecule has 1 N–H and O–H groups in total. The van der Waals surface area contributed by atoms with Crippen molar-refractivity contribution in [1.29, 1.82) is 0 Å². The van der Waals surface area contributed by atoms with Crippen LogP contribution in [0.4, 0.5) is 5.82 Å². The Morgan fingerprint density at radius 3 is 2.70 bits per heavy atom. The lowest BCUT2D eigenvalue weighted by Crippen LogP contribution is -2.39. The molecular weight excluding hydrogens is 274 g/mol. The van der Waals surface area contributed by atoms with E-state index in [0.717, 1.165) is 25.8 Å². The van der Waals surface area contributed by atoms with Crippen LogP contribution in [0.25, 0.3) is 0 Å². The van der Waals surface area contributed by atoms with Gasteiger partial charge in [0.25, 0.3) is 5.91 Å². The molecule has 0 fully saturated rings. The predicted molar refractivity (Wildman–Crippen MR) is 84.5 cm³/mol. The minimum Gasteiger partial charge on any atom is -0.373 e. The second-order valence-corrected chi connectivity index (χ2v) is 5.31. The van der Waals surface area contributed by atoms with E-state index in [1.54, 1.807) is 19.2 Å². The average molecular weight is 298 g/mol. The standard InChI is InChI=1S/C15H24ClN3O/c1-5-7-8-19(11(3)6-2)15(20)12-9-13(16)18-14(10-12)17-4/h9-11H,5-8H2,1-4H3,(H,17,18). The van der Waals surface area contributed by atoms with E-state index in [1.807, 2.05) is 4.90 Å². The molecule has 0 bridgehead atoms. The van der Waals surface area contributed by atoms with Crippen molar-refractivity contribution in [3.8, 4) is 0 Å². The molecular formula is C15H24ClN3O. The molecule has 0 saturated heterocycles. The van der Waals surface area contributed by atoms with Crippen LogP contribution in [0, 0.1) is 0 Å². The van der Waals surface area contributed by atoms with E-state index in [2.05, 4.69) is 31.1 Å². The topological polar surface area (TPSA) is 45.2 Å². The first-order chi connectivity index (χ1) is 9.53. The Balaban J connectivity index is 3.01. The minimum atomic E-state index is 0.0219. The Hall–Kier alpha value is -1.29. The number of pyridine rings is 1. The Bertz CT molecular complexity index is 451. The van der Waals surface area contributed by atoms with Gasteiger partial charge in [-0.3, -0.25) is 4.79 Å². The van der Waals surface area contributed by atoms with E-state index in [0.29, 0.717) is 16.5 Å². The Morgan fingerprint density at radius 1 is 1.45 bits per heavy atom. The molecule has 5 heteroatoms. The minimum absolute atomic E-state index is 0.0219. The highest BCUT2D eigenvalue weighted by Gasteiger charge is 2.20. The summed E-state index contributed by atoms with van der Waals surface area (Å²) < 4.78 is 0. The molecule has 1 aromatic heterocycles. The van der Waals surface area contributed by atoms with Gasteiger partial charge in [-0.2, -0.15) is 0 Å². The number of anilines is 1. The highest BCUT2D eigenvalue weighted by molar-refractivity contribution is 6.29. The summed E-state index contributed by atoms with van der Waals surface area (Å²) in [5.74, 6) is 0.633. The van der Waals surface area contributed by atoms with Crippen LogP contribution < -0.4 is 5.32 Å². The van der Waals surface area contributed by atoms with Gasteiger partial charge in [0.15, 0.2) is 0 Å². The van der Waals surface area contributed by atoms with Crippen LogP contribution in [0.1, 0.15) is 50.4 Å². The van der Waals surface area contributed by atoms with Crippen molar-refractivity contribution in [3.63, 3.8) is 0 Å². The third-order valence-electron chi connectivity index (χ3n) is 3.43. The zero-order chi connectivity index (χ0) is 15.1. The van der Waals surface area contributed by atoms with Crippen LogP contribution >= 0.6 is 11.6 Å². The number of amides is 1. The fourth-order valence-corrected chi connectivity index (χ4v) is 2.19. The van der Waals surface area contributed by atoms with Gasteiger partial charge in [0.2, 0.25) is 0 Å². The second kappa shape index (κ2) is 8.10. The molecule has 0 aliphatic carbocycles. The zero-order valence-electron chi connectivity index (χ0n) is 12.7. The molecule has 0 spiro atoms. The number of rotatable bonds is 7. The average Bonchev–Trinajstić information content (AvgIpc) is 2.46. The van der Waals surface area contributed by atoms with E-state index in [-0.39, 0.29) is 11.9 Å². The molecule has 1 atom stereocenters. The Kier molecular flexibility index (Phi) is 6.79. The number of carbonyl (C=O) groups excluding carboxylic acids is 1. The largest absolute Gasteiger partial charge is 0.373 e. The molecule has 0 saturated carbocycles. The molecule has 1 rings (SSSR count). The lowest BCUT2D eigenvalue weighted by Gasteiger charge is -2.28. The predicted octanol–water partition coefficient (Wildman–Crippen LogP) is 3.82. The van der Waals surface area contributed by atoms with Gasteiger partial charge in [-0.05, 0) is 31.9 Å². The lowest BCUT2D eigenvalue weighted by atomic mass is 10.1. The smallest absolute Gasteiger partial charge is 0.254 e. The van der Waals surface area contributed by atoms with Gasteiger partial charge < -0.3 is 10.2 Å². The highest BCUT2D eigenvalue weighted by Crippen LogP contribution is 2.18. The summed E-state index contributed by atoms with van der Waals surface area (Å²) in [7, 11) is 1.76. The lowest BCUT2D eigenvalue weighted by molar-refractivity contribution is 0.0685. The monoisotopic (exact) mass is 297 g/mol. The fraction of sp³-hybridized carbons (Fsp3) is 0.600. The van der Waals surface area contributed by atoms with Gasteiger partial charge in [0.1, 0.15) is 11.0 Å². The van der Waals surface area contributed by atoms with Gasteiger partial charge in [0.05, 0.1) is 0 Å². The third-order valence-corrected chi connectivity index (χ3v) is 3.63. The first-order valence-corrected chi connectivity index (χ1v) is 7.57. The SMILES string of the molecule is CCCCN(C(=O)c1cc(Cl)nc(NC)c1)C(C)CC. The van der Waals surface area contributed by atoms with E-state index >= 15 is 0 Å². The van der Waals surface area contributed by atoms with Crippen LogP contribution in [0.5, 0.6) is 0 Å². The molecule has 0 aliphatic heterocycles. The van der Waals surface area contributed by atoms with Crippen molar-refractivity contribution < 1.29 is 4.79 Å². The molecule has 112 valence electrons. The van der Waals surface area contributed by atoms with Gasteiger partial charge in [-0.25, -0.2) is 4.98 Å². The van der Waals surface area contributed by atoms with Gasteiger partial charge >= 0.3 is 0 Å². The number of carbonyl (C=O) groups is 1. The van der Waals surface area contributed by atoms with E-state index in [4.69, 9.17) is 11.6 Å². The van der Waals surface area contributed by atoms with Crippen molar-refractivity contribution in [2.75, 3.05) is 18.9 Å². The van der Waals surface area contributed by atoms with Gasteiger partial charge in [-0.15, -0.1) is 0 Å². The molecule has 1 unspecified atom stereocenters. The number of nitrogens with one attached hydrogen (secondary N) is 1. The third kappa shape index (κ3) is 4.37. The molecule has 1 aromatic rings. The van der Waals surface area contributed by atoms with Crippen LogP contribution in [0.3, 0.4) is 0 Å². The summed E-state index contributed by atoms with van der Waals surface area (Å²) in [6.45, 7) is 7.08. The number of nitrogens with zero attached hydrogens (tertiary/aromatic N) is 2. The summed E-state index contributed by atoms with van der Waals surface area (Å²) in [5.41, 5.74) is 0.589. The number of unbranched alkanes of at least 4 members (excludes halogenated alkanes) is 1. The summed E-state index contributed by atoms with van der Waals surface area (Å²) in [4.78, 5) is 18.7. The number of hydrogen-bond donors (Lipinski definition) is 1. The first kappa shape index (κ1) is 16.8. The maximum atomic E-state index is 12.7. The van der Waals surface area contributed by atoms with E-state index < -0.39 is 0 Å². The molecule has 20 heavy (non-hydrogen) atoms. The van der Waals surface area contributed by atoms with Crippen LogP contribution in [0.2, 0.25) is 5.15 Å². The van der Waals surface area contributed by atoms with Crippen molar-refractivity contribution in [2.24, 2.45) is 0 Å². The second-order valence-electron chi connectivity index (χ2n) is 4.92.